The van der Waals surface area contributed by atoms with Crippen LogP contribution in [0.25, 0.3) is 5.78 Å². The first-order chi connectivity index (χ1) is 16.6. The molecule has 0 bridgehead atoms. The zero-order valence-electron chi connectivity index (χ0n) is 19.3. The molecule has 0 unspecified atom stereocenters. The second-order valence-corrected chi connectivity index (χ2v) is 8.78. The summed E-state index contributed by atoms with van der Waals surface area (Å²) in [5.74, 6) is 2.65. The van der Waals surface area contributed by atoms with Crippen molar-refractivity contribution in [2.75, 3.05) is 42.8 Å². The molecule has 1 saturated heterocycles. The van der Waals surface area contributed by atoms with Gasteiger partial charge in [0.25, 0.3) is 5.78 Å². The number of aryl methyl sites for hydroxylation is 1. The molecule has 0 radical (unpaired) electrons. The van der Waals surface area contributed by atoms with E-state index < -0.39 is 0 Å². The van der Waals surface area contributed by atoms with Crippen molar-refractivity contribution in [3.63, 3.8) is 0 Å². The summed E-state index contributed by atoms with van der Waals surface area (Å²) in [5.41, 5.74) is 4.65. The number of rotatable bonds is 4. The van der Waals surface area contributed by atoms with E-state index in [1.807, 2.05) is 24.3 Å². The Morgan fingerprint density at radius 3 is 2.59 bits per heavy atom. The number of piperazine rings is 1. The third-order valence-electron chi connectivity index (χ3n) is 6.73. The van der Waals surface area contributed by atoms with Gasteiger partial charge in [-0.1, -0.05) is 18.2 Å². The Hall–Kier alpha value is -4.01. The van der Waals surface area contributed by atoms with Crippen molar-refractivity contribution >= 4 is 17.3 Å². The fourth-order valence-corrected chi connectivity index (χ4v) is 4.64. The highest BCUT2D eigenvalue weighted by molar-refractivity contribution is 5.57. The molecule has 6 rings (SSSR count). The molecule has 0 spiro atoms. The van der Waals surface area contributed by atoms with Crippen LogP contribution in [0.4, 0.5) is 11.5 Å². The lowest BCUT2D eigenvalue weighted by Crippen LogP contribution is -2.47. The van der Waals surface area contributed by atoms with Crippen LogP contribution in [-0.4, -0.2) is 52.1 Å². The van der Waals surface area contributed by atoms with Crippen LogP contribution in [0.3, 0.4) is 0 Å². The topological polar surface area (TPSA) is 77.1 Å². The summed E-state index contributed by atoms with van der Waals surface area (Å²) in [7, 11) is 0. The standard InChI is InChI=1S/C25H26N6O3/c1-17-4-3-5-20(18(17)2)28-10-12-29(13-11-28)23-8-9-30-24(26-23)27-31(25(30)32)15-19-6-7-21-22(14-19)34-16-33-21/h3-9,14H,10-13,15-16H2,1-2H3. The molecule has 0 amide bonds. The molecule has 2 aliphatic heterocycles. The van der Waals surface area contributed by atoms with Crippen LogP contribution >= 0.6 is 0 Å². The lowest BCUT2D eigenvalue weighted by atomic mass is 10.1. The Morgan fingerprint density at radius 1 is 0.941 bits per heavy atom. The molecular weight excluding hydrogens is 432 g/mol. The smallest absolute Gasteiger partial charge is 0.351 e. The van der Waals surface area contributed by atoms with Crippen molar-refractivity contribution in [1.29, 1.82) is 0 Å². The summed E-state index contributed by atoms with van der Waals surface area (Å²) in [4.78, 5) is 22.2. The molecular formula is C25H26N6O3. The van der Waals surface area contributed by atoms with E-state index in [0.29, 0.717) is 18.1 Å². The van der Waals surface area contributed by atoms with Gasteiger partial charge in [-0.25, -0.2) is 13.9 Å². The second kappa shape index (κ2) is 8.09. The van der Waals surface area contributed by atoms with Crippen LogP contribution in [0.1, 0.15) is 16.7 Å². The molecule has 4 heterocycles. The highest BCUT2D eigenvalue weighted by atomic mass is 16.7. The van der Waals surface area contributed by atoms with Gasteiger partial charge >= 0.3 is 5.69 Å². The largest absolute Gasteiger partial charge is 0.454 e. The lowest BCUT2D eigenvalue weighted by Gasteiger charge is -2.37. The van der Waals surface area contributed by atoms with E-state index in [9.17, 15) is 4.79 Å². The van der Waals surface area contributed by atoms with E-state index in [1.165, 1.54) is 25.9 Å². The van der Waals surface area contributed by atoms with Crippen LogP contribution in [0.5, 0.6) is 11.5 Å². The van der Waals surface area contributed by atoms with E-state index in [2.05, 4.69) is 46.9 Å². The number of fused-ring (bicyclic) bond motifs is 2. The lowest BCUT2D eigenvalue weighted by molar-refractivity contribution is 0.174. The van der Waals surface area contributed by atoms with E-state index >= 15 is 0 Å². The molecule has 2 aromatic heterocycles. The Bertz CT molecular complexity index is 1430. The zero-order chi connectivity index (χ0) is 23.2. The van der Waals surface area contributed by atoms with Crippen molar-refractivity contribution in [2.45, 2.75) is 20.4 Å². The van der Waals surface area contributed by atoms with Gasteiger partial charge in [0.15, 0.2) is 11.5 Å². The molecule has 34 heavy (non-hydrogen) atoms. The minimum absolute atomic E-state index is 0.216. The summed E-state index contributed by atoms with van der Waals surface area (Å²) < 4.78 is 13.7. The van der Waals surface area contributed by atoms with Gasteiger partial charge in [-0.15, -0.1) is 5.10 Å². The van der Waals surface area contributed by atoms with E-state index in [4.69, 9.17) is 14.5 Å². The third kappa shape index (κ3) is 3.53. The molecule has 0 N–H and O–H groups in total. The van der Waals surface area contributed by atoms with Gasteiger partial charge in [0.1, 0.15) is 5.82 Å². The molecule has 0 saturated carbocycles. The predicted molar refractivity (Wildman–Crippen MR) is 129 cm³/mol. The van der Waals surface area contributed by atoms with Gasteiger partial charge < -0.3 is 19.3 Å². The van der Waals surface area contributed by atoms with Crippen molar-refractivity contribution < 1.29 is 9.47 Å². The minimum Gasteiger partial charge on any atom is -0.454 e. The summed E-state index contributed by atoms with van der Waals surface area (Å²) >= 11 is 0. The fraction of sp³-hybridized carbons (Fsp3) is 0.320. The highest BCUT2D eigenvalue weighted by Crippen LogP contribution is 2.32. The van der Waals surface area contributed by atoms with Gasteiger partial charge in [0.2, 0.25) is 6.79 Å². The van der Waals surface area contributed by atoms with Crippen molar-refractivity contribution in [3.05, 3.63) is 75.8 Å². The van der Waals surface area contributed by atoms with Crippen LogP contribution < -0.4 is 25.0 Å². The van der Waals surface area contributed by atoms with Gasteiger partial charge in [-0.3, -0.25) is 0 Å². The quantitative estimate of drug-likeness (QED) is 0.465. The van der Waals surface area contributed by atoms with Crippen molar-refractivity contribution in [1.82, 2.24) is 19.2 Å². The summed E-state index contributed by atoms with van der Waals surface area (Å²) in [6.07, 6.45) is 1.76. The van der Waals surface area contributed by atoms with Crippen LogP contribution in [0, 0.1) is 13.8 Å². The van der Waals surface area contributed by atoms with Crippen LogP contribution in [0.2, 0.25) is 0 Å². The maximum Gasteiger partial charge on any atom is 0.351 e. The molecule has 0 atom stereocenters. The number of aromatic nitrogens is 4. The number of anilines is 2. The first-order valence-corrected chi connectivity index (χ1v) is 11.5. The van der Waals surface area contributed by atoms with Crippen LogP contribution in [0.15, 0.2) is 53.5 Å². The first-order valence-electron chi connectivity index (χ1n) is 11.5. The molecule has 174 valence electrons. The maximum absolute atomic E-state index is 12.9. The molecule has 2 aliphatic rings. The zero-order valence-corrected chi connectivity index (χ0v) is 19.3. The van der Waals surface area contributed by atoms with Gasteiger partial charge in [-0.05, 0) is 54.8 Å². The molecule has 2 aromatic carbocycles. The number of hydrogen-bond donors (Lipinski definition) is 0. The Balaban J connectivity index is 1.20. The SMILES string of the molecule is Cc1cccc(N2CCN(c3ccn4c(=O)n(Cc5ccc6c(c5)OCO6)nc4n3)CC2)c1C. The van der Waals surface area contributed by atoms with Gasteiger partial charge in [0.05, 0.1) is 6.54 Å². The number of nitrogens with zero attached hydrogens (tertiary/aromatic N) is 6. The number of ether oxygens (including phenoxy) is 2. The highest BCUT2D eigenvalue weighted by Gasteiger charge is 2.21. The predicted octanol–water partition coefficient (Wildman–Crippen LogP) is 2.61. The Morgan fingerprint density at radius 2 is 1.74 bits per heavy atom. The molecule has 4 aromatic rings. The summed E-state index contributed by atoms with van der Waals surface area (Å²) in [6, 6.07) is 14.0. The number of benzene rings is 2. The second-order valence-electron chi connectivity index (χ2n) is 8.78. The average Bonchev–Trinajstić information content (AvgIpc) is 3.45. The Kier molecular flexibility index (Phi) is 4.90. The van der Waals surface area contributed by atoms with Gasteiger partial charge in [0, 0.05) is 38.1 Å². The monoisotopic (exact) mass is 458 g/mol. The summed E-state index contributed by atoms with van der Waals surface area (Å²) in [5, 5.41) is 4.49. The van der Waals surface area contributed by atoms with Crippen LogP contribution in [-0.2, 0) is 6.54 Å². The molecule has 0 aliphatic carbocycles. The Labute approximate surface area is 196 Å². The first kappa shape index (κ1) is 20.6. The minimum atomic E-state index is -0.216. The number of hydrogen-bond acceptors (Lipinski definition) is 7. The van der Waals surface area contributed by atoms with E-state index in [-0.39, 0.29) is 12.5 Å². The van der Waals surface area contributed by atoms with Crippen molar-refractivity contribution in [2.24, 2.45) is 0 Å². The molecule has 1 fully saturated rings. The summed E-state index contributed by atoms with van der Waals surface area (Å²) in [6.45, 7) is 8.45. The van der Waals surface area contributed by atoms with Crippen molar-refractivity contribution in [3.8, 4) is 11.5 Å². The maximum atomic E-state index is 12.9. The average molecular weight is 459 g/mol. The van der Waals surface area contributed by atoms with Gasteiger partial charge in [-0.2, -0.15) is 4.98 Å². The third-order valence-corrected chi connectivity index (χ3v) is 6.73. The fourth-order valence-electron chi connectivity index (χ4n) is 4.64. The van der Waals surface area contributed by atoms with E-state index in [1.54, 1.807) is 6.20 Å². The normalized spacial score (nSPS) is 15.4. The molecule has 9 nitrogen and oxygen atoms in total. The molecule has 9 heteroatoms. The van der Waals surface area contributed by atoms with E-state index in [0.717, 1.165) is 43.3 Å².